The van der Waals surface area contributed by atoms with Crippen LogP contribution in [-0.2, 0) is 9.59 Å². The number of hydrogen-bond acceptors (Lipinski definition) is 3. The molecule has 0 saturated heterocycles. The summed E-state index contributed by atoms with van der Waals surface area (Å²) in [5.41, 5.74) is 4.87. The quantitative estimate of drug-likeness (QED) is 0.618. The van der Waals surface area contributed by atoms with Crippen LogP contribution in [0, 0.1) is 5.92 Å². The number of carbonyl (C=O) groups excluding carboxylic acids is 1. The molecule has 0 bridgehead atoms. The second-order valence-corrected chi connectivity index (χ2v) is 4.71. The van der Waals surface area contributed by atoms with E-state index < -0.39 is 17.6 Å². The van der Waals surface area contributed by atoms with E-state index in [1.165, 1.54) is 0 Å². The van der Waals surface area contributed by atoms with Crippen molar-refractivity contribution in [1.29, 1.82) is 0 Å². The van der Waals surface area contributed by atoms with Gasteiger partial charge in [0.15, 0.2) is 0 Å². The minimum atomic E-state index is -0.946. The van der Waals surface area contributed by atoms with Crippen molar-refractivity contribution >= 4 is 11.9 Å². The molecule has 4 N–H and O–H groups in total. The van der Waals surface area contributed by atoms with Crippen molar-refractivity contribution in [2.45, 2.75) is 45.7 Å². The Morgan fingerprint density at radius 1 is 1.40 bits per heavy atom. The number of carbonyl (C=O) groups is 2. The van der Waals surface area contributed by atoms with Gasteiger partial charge in [-0.05, 0) is 19.8 Å². The highest BCUT2D eigenvalue weighted by molar-refractivity contribution is 5.83. The van der Waals surface area contributed by atoms with Gasteiger partial charge in [-0.2, -0.15) is 0 Å². The molecule has 1 amide bonds. The molecule has 88 valence electrons. The third kappa shape index (κ3) is 5.37. The second-order valence-electron chi connectivity index (χ2n) is 4.71. The summed E-state index contributed by atoms with van der Waals surface area (Å²) in [7, 11) is 0. The number of carboxylic acids is 1. The van der Waals surface area contributed by atoms with E-state index in [2.05, 4.69) is 5.32 Å². The highest BCUT2D eigenvalue weighted by Crippen LogP contribution is 2.09. The lowest BCUT2D eigenvalue weighted by Crippen LogP contribution is -2.52. The molecule has 0 unspecified atom stereocenters. The maximum atomic E-state index is 11.6. The molecule has 0 aliphatic rings. The molecule has 0 aliphatic carbocycles. The van der Waals surface area contributed by atoms with Crippen molar-refractivity contribution < 1.29 is 14.7 Å². The van der Waals surface area contributed by atoms with E-state index in [0.717, 1.165) is 0 Å². The van der Waals surface area contributed by atoms with Crippen LogP contribution in [0.15, 0.2) is 0 Å². The molecule has 5 nitrogen and oxygen atoms in total. The van der Waals surface area contributed by atoms with Crippen LogP contribution in [-0.4, -0.2) is 28.6 Å². The van der Waals surface area contributed by atoms with Crippen molar-refractivity contribution in [1.82, 2.24) is 5.32 Å². The lowest BCUT2D eigenvalue weighted by molar-refractivity contribution is -0.138. The zero-order chi connectivity index (χ0) is 12.2. The molecule has 0 saturated carbocycles. The Morgan fingerprint density at radius 3 is 2.20 bits per heavy atom. The predicted octanol–water partition coefficient (Wildman–Crippen LogP) is 0.339. The molecule has 0 aromatic heterocycles. The van der Waals surface area contributed by atoms with E-state index in [0.29, 0.717) is 0 Å². The normalized spacial score (nSPS) is 13.7. The Morgan fingerprint density at radius 2 is 1.87 bits per heavy atom. The summed E-state index contributed by atoms with van der Waals surface area (Å²) >= 11 is 0. The molecule has 0 heterocycles. The highest BCUT2D eigenvalue weighted by Gasteiger charge is 2.27. The van der Waals surface area contributed by atoms with Crippen LogP contribution in [0.1, 0.15) is 34.1 Å². The van der Waals surface area contributed by atoms with Crippen LogP contribution in [0.25, 0.3) is 0 Å². The summed E-state index contributed by atoms with van der Waals surface area (Å²) in [4.78, 5) is 22.1. The summed E-state index contributed by atoms with van der Waals surface area (Å²) in [5.74, 6) is -1.22. The van der Waals surface area contributed by atoms with Gasteiger partial charge in [0.2, 0.25) is 5.91 Å². The van der Waals surface area contributed by atoms with Crippen molar-refractivity contribution in [2.75, 3.05) is 0 Å². The largest absolute Gasteiger partial charge is 0.481 e. The van der Waals surface area contributed by atoms with Crippen LogP contribution < -0.4 is 11.1 Å². The number of nitrogens with one attached hydrogen (secondary N) is 1. The standard InChI is InChI=1S/C10H20N2O3/c1-6(2)8(11)9(15)12-10(3,4)5-7(13)14/h6,8H,5,11H2,1-4H3,(H,12,15)(H,13,14)/t8-/m1/s1. The molecule has 1 atom stereocenters. The maximum absolute atomic E-state index is 11.6. The smallest absolute Gasteiger partial charge is 0.305 e. The molecular weight excluding hydrogens is 196 g/mol. The van der Waals surface area contributed by atoms with E-state index in [9.17, 15) is 9.59 Å². The number of rotatable bonds is 5. The number of nitrogens with two attached hydrogens (primary N) is 1. The first-order valence-corrected chi connectivity index (χ1v) is 4.95. The second kappa shape index (κ2) is 5.11. The SMILES string of the molecule is CC(C)[C@@H](N)C(=O)NC(C)(C)CC(=O)O. The van der Waals surface area contributed by atoms with Crippen molar-refractivity contribution in [3.63, 3.8) is 0 Å². The molecule has 0 radical (unpaired) electrons. The molecule has 15 heavy (non-hydrogen) atoms. The van der Waals surface area contributed by atoms with Crippen LogP contribution in [0.2, 0.25) is 0 Å². The Hall–Kier alpha value is -1.10. The number of amides is 1. The first-order chi connectivity index (χ1) is 6.65. The van der Waals surface area contributed by atoms with Crippen LogP contribution >= 0.6 is 0 Å². The summed E-state index contributed by atoms with van der Waals surface area (Å²) in [6, 6.07) is -0.599. The lowest BCUT2D eigenvalue weighted by Gasteiger charge is -2.27. The molecule has 0 aromatic carbocycles. The number of hydrogen-bond donors (Lipinski definition) is 3. The fraction of sp³-hybridized carbons (Fsp3) is 0.800. The van der Waals surface area contributed by atoms with Crippen molar-refractivity contribution in [3.05, 3.63) is 0 Å². The van der Waals surface area contributed by atoms with Gasteiger partial charge in [0.25, 0.3) is 0 Å². The lowest BCUT2D eigenvalue weighted by atomic mass is 9.98. The van der Waals surface area contributed by atoms with Crippen LogP contribution in [0.5, 0.6) is 0 Å². The molecule has 0 spiro atoms. The zero-order valence-corrected chi connectivity index (χ0v) is 9.70. The van der Waals surface area contributed by atoms with Crippen LogP contribution in [0.3, 0.4) is 0 Å². The maximum Gasteiger partial charge on any atom is 0.305 e. The molecule has 5 heteroatoms. The molecule has 0 aromatic rings. The van der Waals surface area contributed by atoms with Crippen LogP contribution in [0.4, 0.5) is 0 Å². The minimum Gasteiger partial charge on any atom is -0.481 e. The third-order valence-electron chi connectivity index (χ3n) is 2.08. The van der Waals surface area contributed by atoms with E-state index in [1.54, 1.807) is 13.8 Å². The van der Waals surface area contributed by atoms with Gasteiger partial charge >= 0.3 is 5.97 Å². The average Bonchev–Trinajstić information content (AvgIpc) is 1.98. The van der Waals surface area contributed by atoms with E-state index in [4.69, 9.17) is 10.8 Å². The van der Waals surface area contributed by atoms with E-state index >= 15 is 0 Å². The van der Waals surface area contributed by atoms with Crippen molar-refractivity contribution in [2.24, 2.45) is 11.7 Å². The summed E-state index contributed by atoms with van der Waals surface area (Å²) in [6.07, 6.45) is -0.121. The van der Waals surface area contributed by atoms with Gasteiger partial charge < -0.3 is 16.2 Å². The monoisotopic (exact) mass is 216 g/mol. The Labute approximate surface area is 90.0 Å². The van der Waals surface area contributed by atoms with Gasteiger partial charge in [0.1, 0.15) is 0 Å². The average molecular weight is 216 g/mol. The zero-order valence-electron chi connectivity index (χ0n) is 9.70. The molecule has 0 rings (SSSR count). The molecule has 0 aliphatic heterocycles. The molecular formula is C10H20N2O3. The van der Waals surface area contributed by atoms with Gasteiger partial charge in [-0.15, -0.1) is 0 Å². The molecule has 0 fully saturated rings. The minimum absolute atomic E-state index is 0.0330. The Bertz CT molecular complexity index is 249. The van der Waals surface area contributed by atoms with Gasteiger partial charge in [0.05, 0.1) is 12.5 Å². The van der Waals surface area contributed by atoms with E-state index in [1.807, 2.05) is 13.8 Å². The first-order valence-electron chi connectivity index (χ1n) is 4.95. The Kier molecular flexibility index (Phi) is 4.74. The Balaban J connectivity index is 4.33. The summed E-state index contributed by atoms with van der Waals surface area (Å²) in [5, 5.41) is 11.3. The third-order valence-corrected chi connectivity index (χ3v) is 2.08. The topological polar surface area (TPSA) is 92.4 Å². The first kappa shape index (κ1) is 13.9. The summed E-state index contributed by atoms with van der Waals surface area (Å²) in [6.45, 7) is 7.00. The number of aliphatic carboxylic acids is 1. The predicted molar refractivity (Wildman–Crippen MR) is 57.3 cm³/mol. The van der Waals surface area contributed by atoms with Gasteiger partial charge in [0, 0.05) is 5.54 Å². The van der Waals surface area contributed by atoms with E-state index in [-0.39, 0.29) is 18.2 Å². The fourth-order valence-corrected chi connectivity index (χ4v) is 1.14. The van der Waals surface area contributed by atoms with Gasteiger partial charge in [-0.3, -0.25) is 9.59 Å². The highest BCUT2D eigenvalue weighted by atomic mass is 16.4. The fourth-order valence-electron chi connectivity index (χ4n) is 1.14. The van der Waals surface area contributed by atoms with Gasteiger partial charge in [-0.25, -0.2) is 0 Å². The number of carboxylic acid groups (broad SMARTS) is 1. The summed E-state index contributed by atoms with van der Waals surface area (Å²) < 4.78 is 0. The van der Waals surface area contributed by atoms with Gasteiger partial charge in [-0.1, -0.05) is 13.8 Å². The van der Waals surface area contributed by atoms with Crippen molar-refractivity contribution in [3.8, 4) is 0 Å².